The maximum atomic E-state index is 12.8. The molecule has 3 unspecified atom stereocenters. The normalized spacial score (nSPS) is 27.5. The lowest BCUT2D eigenvalue weighted by molar-refractivity contribution is -0.151. The first-order valence-corrected chi connectivity index (χ1v) is 8.16. The Balaban J connectivity index is 1.90. The van der Waals surface area contributed by atoms with Crippen molar-refractivity contribution in [3.8, 4) is 0 Å². The van der Waals surface area contributed by atoms with Gasteiger partial charge in [-0.15, -0.1) is 0 Å². The molecule has 0 bridgehead atoms. The van der Waals surface area contributed by atoms with Crippen molar-refractivity contribution in [3.05, 3.63) is 34.3 Å². The number of piperazine rings is 1. The molecule has 4 nitrogen and oxygen atoms in total. The van der Waals surface area contributed by atoms with Gasteiger partial charge in [0.1, 0.15) is 12.1 Å². The van der Waals surface area contributed by atoms with Crippen LogP contribution >= 0.6 is 15.9 Å². The summed E-state index contributed by atoms with van der Waals surface area (Å²) in [5.74, 6) is 0.330. The molecule has 21 heavy (non-hydrogen) atoms. The van der Waals surface area contributed by atoms with Crippen molar-refractivity contribution < 1.29 is 9.59 Å². The molecule has 112 valence electrons. The Morgan fingerprint density at radius 1 is 1.33 bits per heavy atom. The second kappa shape index (κ2) is 5.44. The van der Waals surface area contributed by atoms with E-state index in [1.54, 1.807) is 11.8 Å². The summed E-state index contributed by atoms with van der Waals surface area (Å²) < 4.78 is 0.979. The second-order valence-corrected chi connectivity index (χ2v) is 6.89. The van der Waals surface area contributed by atoms with Gasteiger partial charge in [-0.25, -0.2) is 0 Å². The highest BCUT2D eigenvalue weighted by atomic mass is 79.9. The summed E-state index contributed by atoms with van der Waals surface area (Å²) in [5, 5.41) is 2.89. The molecule has 1 aliphatic carbocycles. The average molecular weight is 351 g/mol. The first-order valence-electron chi connectivity index (χ1n) is 7.37. The topological polar surface area (TPSA) is 49.4 Å². The van der Waals surface area contributed by atoms with Crippen LogP contribution in [0.25, 0.3) is 0 Å². The van der Waals surface area contributed by atoms with Gasteiger partial charge in [-0.1, -0.05) is 28.1 Å². The van der Waals surface area contributed by atoms with E-state index >= 15 is 0 Å². The van der Waals surface area contributed by atoms with Crippen LogP contribution in [0.1, 0.15) is 38.3 Å². The fourth-order valence-corrected chi connectivity index (χ4v) is 3.43. The van der Waals surface area contributed by atoms with E-state index in [4.69, 9.17) is 0 Å². The van der Waals surface area contributed by atoms with Crippen molar-refractivity contribution in [1.82, 2.24) is 10.2 Å². The standard InChI is InChI=1S/C16H19BrN2O2/c1-9(12-4-3-5-13(17)8-12)19-10(2)15(20)18-14(16(19)21)11-6-7-11/h3-5,8-11,14H,6-7H2,1-2H3,(H,18,20). The van der Waals surface area contributed by atoms with Crippen molar-refractivity contribution in [2.45, 2.75) is 44.8 Å². The van der Waals surface area contributed by atoms with Crippen molar-refractivity contribution in [2.24, 2.45) is 5.92 Å². The van der Waals surface area contributed by atoms with E-state index in [2.05, 4.69) is 21.2 Å². The van der Waals surface area contributed by atoms with Crippen LogP contribution in [0.15, 0.2) is 28.7 Å². The van der Waals surface area contributed by atoms with Gasteiger partial charge in [0.05, 0.1) is 6.04 Å². The zero-order valence-corrected chi connectivity index (χ0v) is 13.8. The Labute approximate surface area is 133 Å². The van der Waals surface area contributed by atoms with Gasteiger partial charge in [0.15, 0.2) is 0 Å². The van der Waals surface area contributed by atoms with Gasteiger partial charge in [-0.2, -0.15) is 0 Å². The third-order valence-electron chi connectivity index (χ3n) is 4.46. The predicted molar refractivity (Wildman–Crippen MR) is 83.5 cm³/mol. The Morgan fingerprint density at radius 2 is 2.05 bits per heavy atom. The number of nitrogens with zero attached hydrogens (tertiary/aromatic N) is 1. The molecule has 2 fully saturated rings. The summed E-state index contributed by atoms with van der Waals surface area (Å²) in [6.07, 6.45) is 2.06. The van der Waals surface area contributed by atoms with Crippen LogP contribution in [0.4, 0.5) is 0 Å². The molecule has 3 rings (SSSR count). The first-order chi connectivity index (χ1) is 9.99. The molecule has 2 aliphatic rings. The van der Waals surface area contributed by atoms with E-state index in [0.717, 1.165) is 22.9 Å². The minimum absolute atomic E-state index is 0.0478. The van der Waals surface area contributed by atoms with Crippen molar-refractivity contribution >= 4 is 27.7 Å². The maximum Gasteiger partial charge on any atom is 0.246 e. The smallest absolute Gasteiger partial charge is 0.246 e. The van der Waals surface area contributed by atoms with Crippen LogP contribution in [0.2, 0.25) is 0 Å². The SMILES string of the molecule is CC1C(=O)NC(C2CC2)C(=O)N1C(C)c1cccc(Br)c1. The van der Waals surface area contributed by atoms with E-state index in [9.17, 15) is 9.59 Å². The average Bonchev–Trinajstić information content (AvgIpc) is 3.27. The number of rotatable bonds is 3. The molecular formula is C16H19BrN2O2. The fraction of sp³-hybridized carbons (Fsp3) is 0.500. The molecule has 1 saturated carbocycles. The summed E-state index contributed by atoms with van der Waals surface area (Å²) in [4.78, 5) is 26.7. The van der Waals surface area contributed by atoms with E-state index in [0.29, 0.717) is 5.92 Å². The van der Waals surface area contributed by atoms with Crippen molar-refractivity contribution in [1.29, 1.82) is 0 Å². The summed E-state index contributed by atoms with van der Waals surface area (Å²) >= 11 is 3.46. The number of hydrogen-bond donors (Lipinski definition) is 1. The summed E-state index contributed by atoms with van der Waals surface area (Å²) in [5.41, 5.74) is 1.04. The quantitative estimate of drug-likeness (QED) is 0.910. The zero-order valence-electron chi connectivity index (χ0n) is 12.2. The third kappa shape index (κ3) is 2.71. The molecule has 5 heteroatoms. The molecule has 2 amide bonds. The summed E-state index contributed by atoms with van der Waals surface area (Å²) in [6, 6.07) is 7.03. The van der Waals surface area contributed by atoms with Gasteiger partial charge in [0.25, 0.3) is 0 Å². The largest absolute Gasteiger partial charge is 0.342 e. The fourth-order valence-electron chi connectivity index (χ4n) is 3.02. The number of carbonyl (C=O) groups excluding carboxylic acids is 2. The minimum atomic E-state index is -0.429. The number of nitrogens with one attached hydrogen (secondary N) is 1. The Bertz CT molecular complexity index is 585. The molecule has 1 heterocycles. The number of benzene rings is 1. The van der Waals surface area contributed by atoms with Gasteiger partial charge in [-0.3, -0.25) is 9.59 Å². The van der Waals surface area contributed by atoms with Crippen LogP contribution in [-0.2, 0) is 9.59 Å². The van der Waals surface area contributed by atoms with Gasteiger partial charge >= 0.3 is 0 Å². The maximum absolute atomic E-state index is 12.8. The monoisotopic (exact) mass is 350 g/mol. The molecule has 1 N–H and O–H groups in total. The molecule has 1 aliphatic heterocycles. The van der Waals surface area contributed by atoms with Crippen LogP contribution in [-0.4, -0.2) is 28.8 Å². The molecule has 1 aromatic carbocycles. The van der Waals surface area contributed by atoms with Crippen LogP contribution in [0.3, 0.4) is 0 Å². The van der Waals surface area contributed by atoms with Gasteiger partial charge < -0.3 is 10.2 Å². The lowest BCUT2D eigenvalue weighted by atomic mass is 9.99. The Morgan fingerprint density at radius 3 is 2.67 bits per heavy atom. The predicted octanol–water partition coefficient (Wildman–Crippen LogP) is 2.64. The number of amides is 2. The third-order valence-corrected chi connectivity index (χ3v) is 4.95. The van der Waals surface area contributed by atoms with Crippen molar-refractivity contribution in [3.63, 3.8) is 0 Å². The molecule has 0 spiro atoms. The van der Waals surface area contributed by atoms with E-state index in [1.165, 1.54) is 0 Å². The molecule has 0 radical (unpaired) electrons. The minimum Gasteiger partial charge on any atom is -0.342 e. The lowest BCUT2D eigenvalue weighted by Gasteiger charge is -2.41. The van der Waals surface area contributed by atoms with Crippen LogP contribution in [0.5, 0.6) is 0 Å². The number of halogens is 1. The van der Waals surface area contributed by atoms with E-state index < -0.39 is 6.04 Å². The zero-order chi connectivity index (χ0) is 15.1. The van der Waals surface area contributed by atoms with E-state index in [1.807, 2.05) is 31.2 Å². The highest BCUT2D eigenvalue weighted by Gasteiger charge is 2.46. The van der Waals surface area contributed by atoms with E-state index in [-0.39, 0.29) is 23.9 Å². The molecule has 1 saturated heterocycles. The molecule has 1 aromatic rings. The number of carbonyl (C=O) groups is 2. The second-order valence-electron chi connectivity index (χ2n) is 5.98. The highest BCUT2D eigenvalue weighted by molar-refractivity contribution is 9.10. The Hall–Kier alpha value is -1.36. The van der Waals surface area contributed by atoms with Crippen LogP contribution in [0, 0.1) is 5.92 Å². The molecule has 3 atom stereocenters. The first kappa shape index (κ1) is 14.6. The molecular weight excluding hydrogens is 332 g/mol. The lowest BCUT2D eigenvalue weighted by Crippen LogP contribution is -2.63. The molecule has 0 aromatic heterocycles. The van der Waals surface area contributed by atoms with Gasteiger partial charge in [-0.05, 0) is 50.3 Å². The van der Waals surface area contributed by atoms with Gasteiger partial charge in [0, 0.05) is 4.47 Å². The van der Waals surface area contributed by atoms with Crippen molar-refractivity contribution in [2.75, 3.05) is 0 Å². The van der Waals surface area contributed by atoms with Crippen LogP contribution < -0.4 is 5.32 Å². The van der Waals surface area contributed by atoms with Gasteiger partial charge in [0.2, 0.25) is 11.8 Å². The summed E-state index contributed by atoms with van der Waals surface area (Å²) in [6.45, 7) is 3.78. The Kier molecular flexibility index (Phi) is 3.78. The number of hydrogen-bond acceptors (Lipinski definition) is 2. The summed E-state index contributed by atoms with van der Waals surface area (Å²) in [7, 11) is 0. The highest BCUT2D eigenvalue weighted by Crippen LogP contribution is 2.37.